The van der Waals surface area contributed by atoms with Crippen molar-refractivity contribution in [2.45, 2.75) is 19.8 Å². The molecule has 17 heavy (non-hydrogen) atoms. The Balaban J connectivity index is 2.43. The van der Waals surface area contributed by atoms with E-state index in [1.807, 2.05) is 6.92 Å². The molecule has 0 aromatic carbocycles. The first kappa shape index (κ1) is 14.4. The maximum absolute atomic E-state index is 12.2. The van der Waals surface area contributed by atoms with Crippen LogP contribution in [0.2, 0.25) is 0 Å². The largest absolute Gasteiger partial charge is 0.384 e. The summed E-state index contributed by atoms with van der Waals surface area (Å²) in [6.45, 7) is 4.97. The van der Waals surface area contributed by atoms with Crippen LogP contribution in [0.15, 0.2) is 0 Å². The van der Waals surface area contributed by atoms with Crippen molar-refractivity contribution in [3.8, 4) is 0 Å². The molecular formula is C12H24N2O3. The monoisotopic (exact) mass is 244 g/mol. The summed E-state index contributed by atoms with van der Waals surface area (Å²) in [5.74, 6) is 0.380. The van der Waals surface area contributed by atoms with E-state index in [1.165, 1.54) is 0 Å². The highest BCUT2D eigenvalue weighted by Gasteiger charge is 2.38. The summed E-state index contributed by atoms with van der Waals surface area (Å²) < 4.78 is 10.3. The van der Waals surface area contributed by atoms with Crippen LogP contribution < -0.4 is 11.1 Å². The number of rotatable bonds is 6. The van der Waals surface area contributed by atoms with E-state index in [2.05, 4.69) is 5.32 Å². The highest BCUT2D eigenvalue weighted by atomic mass is 16.5. The Morgan fingerprint density at radius 2 is 2.18 bits per heavy atom. The minimum absolute atomic E-state index is 0.0613. The summed E-state index contributed by atoms with van der Waals surface area (Å²) in [6, 6.07) is 0. The molecule has 5 heteroatoms. The van der Waals surface area contributed by atoms with Crippen LogP contribution in [0.5, 0.6) is 0 Å². The minimum atomic E-state index is -0.426. The number of hydrogen-bond donors (Lipinski definition) is 2. The zero-order valence-corrected chi connectivity index (χ0v) is 10.8. The molecule has 0 spiro atoms. The molecule has 0 saturated carbocycles. The molecule has 5 nitrogen and oxygen atoms in total. The fourth-order valence-electron chi connectivity index (χ4n) is 2.08. The van der Waals surface area contributed by atoms with Gasteiger partial charge < -0.3 is 20.5 Å². The van der Waals surface area contributed by atoms with Crippen LogP contribution in [0, 0.1) is 11.3 Å². The molecule has 1 rings (SSSR count). The average Bonchev–Trinajstić information content (AvgIpc) is 2.37. The number of methoxy groups -OCH3 is 1. The number of nitrogens with one attached hydrogen (secondary N) is 1. The zero-order valence-electron chi connectivity index (χ0n) is 10.8. The summed E-state index contributed by atoms with van der Waals surface area (Å²) in [4.78, 5) is 12.2. The van der Waals surface area contributed by atoms with Gasteiger partial charge in [-0.05, 0) is 18.8 Å². The Morgan fingerprint density at radius 1 is 1.53 bits per heavy atom. The van der Waals surface area contributed by atoms with Gasteiger partial charge in [-0.25, -0.2) is 0 Å². The van der Waals surface area contributed by atoms with Crippen LogP contribution in [0.3, 0.4) is 0 Å². The Labute approximate surface area is 103 Å². The average molecular weight is 244 g/mol. The third kappa shape index (κ3) is 3.94. The van der Waals surface area contributed by atoms with Gasteiger partial charge in [0.15, 0.2) is 0 Å². The van der Waals surface area contributed by atoms with Gasteiger partial charge in [0.05, 0.1) is 12.0 Å². The van der Waals surface area contributed by atoms with E-state index in [0.29, 0.717) is 51.7 Å². The molecule has 0 bridgehead atoms. The molecule has 0 aromatic rings. The smallest absolute Gasteiger partial charge is 0.227 e. The molecule has 1 saturated heterocycles. The van der Waals surface area contributed by atoms with E-state index in [0.717, 1.165) is 0 Å². The standard InChI is InChI=1S/C12H24N2O3/c1-10(8-16-2)7-14-11(15)12(9-13)3-5-17-6-4-12/h10H,3-9,13H2,1-2H3,(H,14,15). The molecule has 0 aliphatic carbocycles. The van der Waals surface area contributed by atoms with Gasteiger partial charge in [-0.2, -0.15) is 0 Å². The second kappa shape index (κ2) is 6.93. The van der Waals surface area contributed by atoms with Gasteiger partial charge in [0.2, 0.25) is 5.91 Å². The Bertz CT molecular complexity index is 240. The number of ether oxygens (including phenoxy) is 2. The van der Waals surface area contributed by atoms with Gasteiger partial charge in [0, 0.05) is 33.4 Å². The predicted octanol–water partition coefficient (Wildman–Crippen LogP) is 0.141. The molecule has 1 fully saturated rings. The highest BCUT2D eigenvalue weighted by molar-refractivity contribution is 5.83. The van der Waals surface area contributed by atoms with Crippen molar-refractivity contribution < 1.29 is 14.3 Å². The lowest BCUT2D eigenvalue weighted by molar-refractivity contribution is -0.136. The Kier molecular flexibility index (Phi) is 5.88. The first-order valence-electron chi connectivity index (χ1n) is 6.19. The Hall–Kier alpha value is -0.650. The maximum atomic E-state index is 12.2. The highest BCUT2D eigenvalue weighted by Crippen LogP contribution is 2.29. The molecule has 1 atom stereocenters. The fraction of sp³-hybridized carbons (Fsp3) is 0.917. The molecule has 1 aliphatic heterocycles. The summed E-state index contributed by atoms with van der Waals surface area (Å²) in [5.41, 5.74) is 5.34. The lowest BCUT2D eigenvalue weighted by atomic mass is 9.79. The normalized spacial score (nSPS) is 20.9. The third-order valence-corrected chi connectivity index (χ3v) is 3.38. The van der Waals surface area contributed by atoms with Gasteiger partial charge in [-0.3, -0.25) is 4.79 Å². The van der Waals surface area contributed by atoms with E-state index in [9.17, 15) is 4.79 Å². The first-order valence-corrected chi connectivity index (χ1v) is 6.19. The van der Waals surface area contributed by atoms with Crippen LogP contribution >= 0.6 is 0 Å². The van der Waals surface area contributed by atoms with Crippen LogP contribution in [0.25, 0.3) is 0 Å². The van der Waals surface area contributed by atoms with E-state index >= 15 is 0 Å². The third-order valence-electron chi connectivity index (χ3n) is 3.38. The lowest BCUT2D eigenvalue weighted by Gasteiger charge is -2.34. The lowest BCUT2D eigenvalue weighted by Crippen LogP contribution is -2.50. The molecule has 1 amide bonds. The summed E-state index contributed by atoms with van der Waals surface area (Å²) in [6.07, 6.45) is 1.43. The van der Waals surface area contributed by atoms with Crippen molar-refractivity contribution >= 4 is 5.91 Å². The molecule has 0 radical (unpaired) electrons. The predicted molar refractivity (Wildman–Crippen MR) is 65.6 cm³/mol. The van der Waals surface area contributed by atoms with Crippen molar-refractivity contribution in [1.82, 2.24) is 5.32 Å². The van der Waals surface area contributed by atoms with Crippen molar-refractivity contribution in [3.63, 3.8) is 0 Å². The number of carbonyl (C=O) groups excluding carboxylic acids is 1. The minimum Gasteiger partial charge on any atom is -0.384 e. The Morgan fingerprint density at radius 3 is 2.71 bits per heavy atom. The van der Waals surface area contributed by atoms with Crippen molar-refractivity contribution in [3.05, 3.63) is 0 Å². The number of carbonyl (C=O) groups is 1. The number of amides is 1. The summed E-state index contributed by atoms with van der Waals surface area (Å²) in [7, 11) is 1.66. The van der Waals surface area contributed by atoms with E-state index < -0.39 is 5.41 Å². The van der Waals surface area contributed by atoms with Crippen molar-refractivity contribution in [1.29, 1.82) is 0 Å². The van der Waals surface area contributed by atoms with E-state index in [-0.39, 0.29) is 5.91 Å². The van der Waals surface area contributed by atoms with Crippen LogP contribution in [0.4, 0.5) is 0 Å². The SMILES string of the molecule is COCC(C)CNC(=O)C1(CN)CCOCC1. The van der Waals surface area contributed by atoms with E-state index in [1.54, 1.807) is 7.11 Å². The maximum Gasteiger partial charge on any atom is 0.227 e. The number of nitrogens with two attached hydrogens (primary N) is 1. The summed E-state index contributed by atoms with van der Waals surface area (Å²) in [5, 5.41) is 2.97. The first-order chi connectivity index (χ1) is 8.14. The van der Waals surface area contributed by atoms with Gasteiger partial charge in [-0.15, -0.1) is 0 Å². The molecule has 0 aromatic heterocycles. The topological polar surface area (TPSA) is 73.6 Å². The molecule has 100 valence electrons. The zero-order chi connectivity index (χ0) is 12.7. The van der Waals surface area contributed by atoms with E-state index in [4.69, 9.17) is 15.2 Å². The van der Waals surface area contributed by atoms with Gasteiger partial charge in [0.25, 0.3) is 0 Å². The molecule has 3 N–H and O–H groups in total. The van der Waals surface area contributed by atoms with Gasteiger partial charge in [0.1, 0.15) is 0 Å². The van der Waals surface area contributed by atoms with Gasteiger partial charge in [-0.1, -0.05) is 6.92 Å². The second-order valence-corrected chi connectivity index (χ2v) is 4.87. The summed E-state index contributed by atoms with van der Waals surface area (Å²) >= 11 is 0. The van der Waals surface area contributed by atoms with Crippen molar-refractivity contribution in [2.75, 3.05) is 40.0 Å². The van der Waals surface area contributed by atoms with Crippen LogP contribution in [0.1, 0.15) is 19.8 Å². The molecule has 1 aliphatic rings. The molecule has 1 heterocycles. The second-order valence-electron chi connectivity index (χ2n) is 4.87. The van der Waals surface area contributed by atoms with Crippen molar-refractivity contribution in [2.24, 2.45) is 17.1 Å². The van der Waals surface area contributed by atoms with Gasteiger partial charge >= 0.3 is 0 Å². The molecular weight excluding hydrogens is 220 g/mol. The fourth-order valence-corrected chi connectivity index (χ4v) is 2.08. The molecule has 1 unspecified atom stereocenters. The van der Waals surface area contributed by atoms with Crippen LogP contribution in [-0.2, 0) is 14.3 Å². The quantitative estimate of drug-likeness (QED) is 0.697. The van der Waals surface area contributed by atoms with Crippen LogP contribution in [-0.4, -0.2) is 45.9 Å². The number of hydrogen-bond acceptors (Lipinski definition) is 4.